The average molecular weight is 942 g/mol. The highest BCUT2D eigenvalue weighted by atomic mass is 16.6. The summed E-state index contributed by atoms with van der Waals surface area (Å²) in [4.78, 5) is 129. The second-order valence-corrected chi connectivity index (χ2v) is 16.0. The standard InChI is InChI=1S/C45H47N7O16/c1-50(34(59)22-48-31(56)21-47-30(55)20-46-29(54)13-14-52-32(57)11-12-33(52)58)15-16-51(2)44(65)68-24-9-7-23(8-10-24)19-49-43(64)45(66)17-26-35(27(53)18-45)41(62)38-37(40(26)61)39(60)25-5-4-6-28(67-3)36(25)42(38)63/h4-12,27,53,61-62,66H,13-22H2,1-3H3,(H,46,54)(H,47,55)(H,48,56)(H,49,64). The number of hydrogen-bond acceptors (Lipinski definition) is 16. The highest BCUT2D eigenvalue weighted by molar-refractivity contribution is 6.31. The Labute approximate surface area is 386 Å². The SMILES string of the molecule is COc1cccc2c1C(=O)c1c(O)c3c(c(O)c1C2=O)CC(O)(C(=O)NCc1ccc(OC(=O)N(C)CCN(C)C(=O)CNC(=O)CNC(=O)CNC(=O)CCN2C(=O)C=CC2=O)cc1)CC3O. The molecule has 358 valence electrons. The van der Waals surface area contributed by atoms with Crippen molar-refractivity contribution >= 4 is 59.0 Å². The summed E-state index contributed by atoms with van der Waals surface area (Å²) in [5, 5.41) is 54.7. The van der Waals surface area contributed by atoms with Crippen LogP contribution >= 0.6 is 0 Å². The molecule has 0 bridgehead atoms. The van der Waals surface area contributed by atoms with E-state index in [0.29, 0.717) is 5.56 Å². The zero-order valence-electron chi connectivity index (χ0n) is 36.9. The molecule has 8 amide bonds. The third-order valence-corrected chi connectivity index (χ3v) is 11.4. The maximum atomic E-state index is 13.6. The van der Waals surface area contributed by atoms with Crippen LogP contribution in [0.2, 0.25) is 0 Å². The van der Waals surface area contributed by atoms with E-state index in [9.17, 15) is 68.4 Å². The van der Waals surface area contributed by atoms with Crippen LogP contribution in [0.1, 0.15) is 67.5 Å². The Hall–Kier alpha value is -8.18. The summed E-state index contributed by atoms with van der Waals surface area (Å²) in [5.41, 5.74) is -3.69. The number of nitrogens with one attached hydrogen (secondary N) is 4. The molecule has 0 fully saturated rings. The second-order valence-electron chi connectivity index (χ2n) is 16.0. The largest absolute Gasteiger partial charge is 0.507 e. The Bertz CT molecular complexity index is 2630. The van der Waals surface area contributed by atoms with Gasteiger partial charge in [-0.2, -0.15) is 0 Å². The average Bonchev–Trinajstić information content (AvgIpc) is 3.64. The molecule has 1 aliphatic heterocycles. The number of phenols is 2. The summed E-state index contributed by atoms with van der Waals surface area (Å²) in [6.07, 6.45) is -1.83. The number of phenolic OH excluding ortho intramolecular Hbond substituents is 2. The fraction of sp³-hybridized carbons (Fsp3) is 0.333. The van der Waals surface area contributed by atoms with Gasteiger partial charge in [0.2, 0.25) is 29.4 Å². The Kier molecular flexibility index (Phi) is 14.9. The first-order chi connectivity index (χ1) is 32.2. The van der Waals surface area contributed by atoms with Crippen molar-refractivity contribution in [2.45, 2.75) is 37.5 Å². The molecule has 1 heterocycles. The van der Waals surface area contributed by atoms with Crippen LogP contribution in [-0.4, -0.2) is 160 Å². The quantitative estimate of drug-likeness (QED) is 0.0439. The highest BCUT2D eigenvalue weighted by Gasteiger charge is 2.48. The molecule has 2 unspecified atom stereocenters. The summed E-state index contributed by atoms with van der Waals surface area (Å²) in [5.74, 6) is -7.50. The van der Waals surface area contributed by atoms with E-state index >= 15 is 0 Å². The smallest absolute Gasteiger partial charge is 0.415 e. The lowest BCUT2D eigenvalue weighted by molar-refractivity contribution is -0.144. The lowest BCUT2D eigenvalue weighted by atomic mass is 9.72. The fourth-order valence-corrected chi connectivity index (χ4v) is 7.58. The molecule has 6 rings (SSSR count). The number of benzene rings is 3. The first-order valence-corrected chi connectivity index (χ1v) is 20.9. The normalized spacial score (nSPS) is 16.8. The molecule has 8 N–H and O–H groups in total. The molecular weight excluding hydrogens is 895 g/mol. The highest BCUT2D eigenvalue weighted by Crippen LogP contribution is 2.51. The summed E-state index contributed by atoms with van der Waals surface area (Å²) in [6.45, 7) is -1.61. The van der Waals surface area contributed by atoms with Crippen molar-refractivity contribution in [1.29, 1.82) is 0 Å². The number of nitrogens with zero attached hydrogens (tertiary/aromatic N) is 3. The van der Waals surface area contributed by atoms with E-state index in [-0.39, 0.29) is 66.4 Å². The number of methoxy groups -OCH3 is 1. The van der Waals surface area contributed by atoms with Crippen molar-refractivity contribution in [3.05, 3.63) is 93.6 Å². The van der Waals surface area contributed by atoms with Gasteiger partial charge in [0, 0.05) is 88.4 Å². The van der Waals surface area contributed by atoms with E-state index in [1.54, 1.807) is 0 Å². The summed E-state index contributed by atoms with van der Waals surface area (Å²) < 4.78 is 10.6. The molecule has 3 aromatic carbocycles. The Balaban J connectivity index is 0.911. The van der Waals surface area contributed by atoms with Crippen molar-refractivity contribution in [3.63, 3.8) is 0 Å². The van der Waals surface area contributed by atoms with Crippen LogP contribution in [0.15, 0.2) is 54.6 Å². The Morgan fingerprint density at radius 1 is 0.765 bits per heavy atom. The van der Waals surface area contributed by atoms with Crippen molar-refractivity contribution in [3.8, 4) is 23.0 Å². The minimum absolute atomic E-state index is 0.0298. The predicted molar refractivity (Wildman–Crippen MR) is 232 cm³/mol. The van der Waals surface area contributed by atoms with Gasteiger partial charge in [0.25, 0.3) is 17.7 Å². The van der Waals surface area contributed by atoms with Crippen LogP contribution in [0.4, 0.5) is 4.79 Å². The van der Waals surface area contributed by atoms with Gasteiger partial charge >= 0.3 is 6.09 Å². The monoisotopic (exact) mass is 941 g/mol. The summed E-state index contributed by atoms with van der Waals surface area (Å²) in [6, 6.07) is 10.2. The first kappa shape index (κ1) is 49.3. The number of ether oxygens (including phenoxy) is 2. The number of rotatable bonds is 17. The number of likely N-dealkylation sites (N-methyl/N-ethyl adjacent to an activating group) is 2. The third kappa shape index (κ3) is 10.6. The number of ketones is 2. The van der Waals surface area contributed by atoms with E-state index in [1.807, 2.05) is 0 Å². The molecule has 68 heavy (non-hydrogen) atoms. The van der Waals surface area contributed by atoms with E-state index < -0.39 is 126 Å². The maximum Gasteiger partial charge on any atom is 0.415 e. The zero-order valence-corrected chi connectivity index (χ0v) is 36.9. The zero-order chi connectivity index (χ0) is 49.6. The van der Waals surface area contributed by atoms with Crippen LogP contribution in [0, 0.1) is 0 Å². The molecule has 3 aliphatic rings. The number of fused-ring (bicyclic) bond motifs is 3. The van der Waals surface area contributed by atoms with Gasteiger partial charge in [0.15, 0.2) is 5.78 Å². The van der Waals surface area contributed by atoms with E-state index in [0.717, 1.165) is 17.1 Å². The van der Waals surface area contributed by atoms with Crippen molar-refractivity contribution < 1.29 is 77.8 Å². The first-order valence-electron chi connectivity index (χ1n) is 20.9. The van der Waals surface area contributed by atoms with Gasteiger partial charge in [-0.25, -0.2) is 4.79 Å². The molecule has 0 saturated heterocycles. The van der Waals surface area contributed by atoms with Crippen LogP contribution in [-0.2, 0) is 46.5 Å². The number of amides is 8. The van der Waals surface area contributed by atoms with Gasteiger partial charge in [-0.05, 0) is 23.8 Å². The number of carbonyl (C=O) groups excluding carboxylic acids is 10. The molecule has 2 atom stereocenters. The van der Waals surface area contributed by atoms with Gasteiger partial charge in [-0.3, -0.25) is 48.1 Å². The molecule has 23 heteroatoms. The van der Waals surface area contributed by atoms with Gasteiger partial charge in [-0.1, -0.05) is 24.3 Å². The van der Waals surface area contributed by atoms with Crippen molar-refractivity contribution in [2.24, 2.45) is 0 Å². The lowest BCUT2D eigenvalue weighted by Crippen LogP contribution is -2.51. The molecule has 3 aromatic rings. The molecule has 0 spiro atoms. The van der Waals surface area contributed by atoms with Crippen LogP contribution in [0.3, 0.4) is 0 Å². The third-order valence-electron chi connectivity index (χ3n) is 11.4. The van der Waals surface area contributed by atoms with E-state index in [2.05, 4.69) is 21.3 Å². The van der Waals surface area contributed by atoms with Crippen molar-refractivity contribution in [2.75, 3.05) is 60.5 Å². The predicted octanol–water partition coefficient (Wildman–Crippen LogP) is -1.54. The molecule has 0 aromatic heterocycles. The Morgan fingerprint density at radius 2 is 1.37 bits per heavy atom. The van der Waals surface area contributed by atoms with Gasteiger partial charge in [0.05, 0.1) is 49.5 Å². The van der Waals surface area contributed by atoms with Crippen LogP contribution in [0.5, 0.6) is 23.0 Å². The minimum Gasteiger partial charge on any atom is -0.507 e. The summed E-state index contributed by atoms with van der Waals surface area (Å²) >= 11 is 0. The number of imide groups is 1. The fourth-order valence-electron chi connectivity index (χ4n) is 7.58. The number of aromatic hydroxyl groups is 2. The molecule has 2 aliphatic carbocycles. The Morgan fingerprint density at radius 3 is 2.01 bits per heavy atom. The van der Waals surface area contributed by atoms with Gasteiger partial charge < -0.3 is 61.0 Å². The number of carbonyl (C=O) groups is 10. The van der Waals surface area contributed by atoms with Gasteiger partial charge in [-0.15, -0.1) is 0 Å². The van der Waals surface area contributed by atoms with Gasteiger partial charge in [0.1, 0.15) is 28.6 Å². The number of hydrogen-bond donors (Lipinski definition) is 8. The molecule has 0 radical (unpaired) electrons. The maximum absolute atomic E-state index is 13.6. The number of aliphatic hydroxyl groups excluding tert-OH is 1. The lowest BCUT2D eigenvalue weighted by Gasteiger charge is -2.37. The topological polar surface area (TPSA) is 328 Å². The minimum atomic E-state index is -2.33. The molecule has 23 nitrogen and oxygen atoms in total. The van der Waals surface area contributed by atoms with Crippen LogP contribution in [0.25, 0.3) is 0 Å². The van der Waals surface area contributed by atoms with E-state index in [1.165, 1.54) is 73.5 Å². The summed E-state index contributed by atoms with van der Waals surface area (Å²) in [7, 11) is 4.17. The van der Waals surface area contributed by atoms with Crippen LogP contribution < -0.4 is 30.7 Å². The number of aliphatic hydroxyl groups is 2. The second kappa shape index (κ2) is 20.6. The molecular formula is C45H47N7O16. The van der Waals surface area contributed by atoms with Crippen molar-refractivity contribution in [1.82, 2.24) is 36.0 Å². The molecule has 0 saturated carbocycles. The van der Waals surface area contributed by atoms with E-state index in [4.69, 9.17) is 9.47 Å².